The number of guanidine groups is 1. The zero-order valence-electron chi connectivity index (χ0n) is 17.1. The van der Waals surface area contributed by atoms with Gasteiger partial charge in [-0.1, -0.05) is 42.5 Å². The Morgan fingerprint density at radius 1 is 1.04 bits per heavy atom. The number of benzene rings is 2. The molecule has 2 aromatic carbocycles. The third-order valence-corrected chi connectivity index (χ3v) is 4.62. The molecule has 6 heteroatoms. The average Bonchev–Trinajstić information content (AvgIpc) is 2.71. The van der Waals surface area contributed by atoms with E-state index in [1.54, 1.807) is 7.05 Å². The van der Waals surface area contributed by atoms with Crippen molar-refractivity contribution in [3.8, 4) is 0 Å². The molecular formula is C22H33IN4O. The zero-order valence-corrected chi connectivity index (χ0v) is 19.4. The summed E-state index contributed by atoms with van der Waals surface area (Å²) >= 11 is 0. The summed E-state index contributed by atoms with van der Waals surface area (Å²) in [6.45, 7) is 1.60. The number of hydrogen-bond acceptors (Lipinski definition) is 3. The molecule has 0 radical (unpaired) electrons. The van der Waals surface area contributed by atoms with Crippen molar-refractivity contribution in [1.29, 1.82) is 0 Å². The number of aliphatic imine (C=N–C) groups is 1. The molecule has 1 unspecified atom stereocenters. The molecule has 0 spiro atoms. The second kappa shape index (κ2) is 13.4. The number of nitrogens with one attached hydrogen (secondary N) is 2. The summed E-state index contributed by atoms with van der Waals surface area (Å²) in [6.07, 6.45) is 2.06. The highest BCUT2D eigenvalue weighted by Gasteiger charge is 2.10. The van der Waals surface area contributed by atoms with Crippen LogP contribution in [0, 0.1) is 0 Å². The van der Waals surface area contributed by atoms with Crippen LogP contribution < -0.4 is 15.5 Å². The van der Waals surface area contributed by atoms with Crippen molar-refractivity contribution in [3.05, 3.63) is 65.7 Å². The second-order valence-electron chi connectivity index (χ2n) is 6.83. The summed E-state index contributed by atoms with van der Waals surface area (Å²) in [5.41, 5.74) is 3.69. The highest BCUT2D eigenvalue weighted by molar-refractivity contribution is 14.0. The van der Waals surface area contributed by atoms with E-state index in [-0.39, 0.29) is 36.5 Å². The molecule has 0 heterocycles. The van der Waals surface area contributed by atoms with E-state index in [2.05, 4.69) is 58.9 Å². The Balaban J connectivity index is 0.00000392. The molecule has 0 bridgehead atoms. The van der Waals surface area contributed by atoms with E-state index in [4.69, 9.17) is 0 Å². The van der Waals surface area contributed by atoms with Crippen LogP contribution in [0.3, 0.4) is 0 Å². The summed E-state index contributed by atoms with van der Waals surface area (Å²) in [7, 11) is 5.87. The minimum Gasteiger partial charge on any atom is -0.396 e. The van der Waals surface area contributed by atoms with Crippen LogP contribution in [0.25, 0.3) is 0 Å². The number of anilines is 1. The van der Waals surface area contributed by atoms with E-state index in [1.807, 2.05) is 30.3 Å². The standard InChI is InChI=1S/C22H32N4O.HI/c1-23-22(25-16-20(17-27)19-9-5-4-6-10-19)24-15-7-8-18-11-13-21(14-12-18)26(2)3;/h4-6,9-14,20,27H,7-8,15-17H2,1-3H3,(H2,23,24,25);1H. The molecule has 2 aromatic rings. The Kier molecular flexibility index (Phi) is 11.6. The van der Waals surface area contributed by atoms with Gasteiger partial charge in [-0.2, -0.15) is 0 Å². The number of halogens is 1. The number of rotatable bonds is 9. The Morgan fingerprint density at radius 3 is 2.29 bits per heavy atom. The van der Waals surface area contributed by atoms with Crippen LogP contribution in [-0.4, -0.2) is 51.9 Å². The lowest BCUT2D eigenvalue weighted by Crippen LogP contribution is -2.40. The highest BCUT2D eigenvalue weighted by atomic mass is 127. The van der Waals surface area contributed by atoms with Gasteiger partial charge in [0.25, 0.3) is 0 Å². The van der Waals surface area contributed by atoms with Gasteiger partial charge >= 0.3 is 0 Å². The fourth-order valence-electron chi connectivity index (χ4n) is 2.91. The van der Waals surface area contributed by atoms with E-state index in [1.165, 1.54) is 11.3 Å². The zero-order chi connectivity index (χ0) is 19.5. The second-order valence-corrected chi connectivity index (χ2v) is 6.83. The molecule has 0 saturated carbocycles. The first-order valence-electron chi connectivity index (χ1n) is 9.50. The SMILES string of the molecule is CN=C(NCCCc1ccc(N(C)C)cc1)NCC(CO)c1ccccc1.I. The van der Waals surface area contributed by atoms with Crippen molar-refractivity contribution >= 4 is 35.6 Å². The molecule has 0 aliphatic heterocycles. The van der Waals surface area contributed by atoms with Gasteiger partial charge in [0.1, 0.15) is 0 Å². The molecular weight excluding hydrogens is 463 g/mol. The largest absolute Gasteiger partial charge is 0.396 e. The number of aliphatic hydroxyl groups excluding tert-OH is 1. The lowest BCUT2D eigenvalue weighted by atomic mass is 10.0. The topological polar surface area (TPSA) is 59.9 Å². The van der Waals surface area contributed by atoms with Crippen molar-refractivity contribution in [2.75, 3.05) is 45.7 Å². The van der Waals surface area contributed by atoms with Crippen LogP contribution in [0.15, 0.2) is 59.6 Å². The van der Waals surface area contributed by atoms with Crippen LogP contribution in [0.4, 0.5) is 5.69 Å². The summed E-state index contributed by atoms with van der Waals surface area (Å²) in [5, 5.41) is 16.3. The van der Waals surface area contributed by atoms with Gasteiger partial charge in [-0.15, -0.1) is 24.0 Å². The number of aryl methyl sites for hydroxylation is 1. The Bertz CT molecular complexity index is 689. The minimum absolute atomic E-state index is 0. The molecule has 0 saturated heterocycles. The maximum absolute atomic E-state index is 9.66. The van der Waals surface area contributed by atoms with Crippen LogP contribution in [0.2, 0.25) is 0 Å². The Hall–Kier alpha value is -1.80. The summed E-state index contributed by atoms with van der Waals surface area (Å²) in [4.78, 5) is 6.38. The van der Waals surface area contributed by atoms with Gasteiger partial charge in [0.15, 0.2) is 5.96 Å². The predicted octanol–water partition coefficient (Wildman–Crippen LogP) is 3.24. The quantitative estimate of drug-likeness (QED) is 0.216. The molecule has 154 valence electrons. The highest BCUT2D eigenvalue weighted by Crippen LogP contribution is 2.14. The summed E-state index contributed by atoms with van der Waals surface area (Å²) < 4.78 is 0. The van der Waals surface area contributed by atoms with Gasteiger partial charge in [0.05, 0.1) is 6.61 Å². The fraction of sp³-hybridized carbons (Fsp3) is 0.409. The van der Waals surface area contributed by atoms with Crippen molar-refractivity contribution in [1.82, 2.24) is 10.6 Å². The number of nitrogens with zero attached hydrogens (tertiary/aromatic N) is 2. The molecule has 28 heavy (non-hydrogen) atoms. The van der Waals surface area contributed by atoms with Crippen LogP contribution in [0.1, 0.15) is 23.5 Å². The molecule has 2 rings (SSSR count). The Morgan fingerprint density at radius 2 is 1.71 bits per heavy atom. The third-order valence-electron chi connectivity index (χ3n) is 4.62. The molecule has 0 aliphatic rings. The first kappa shape index (κ1) is 24.2. The summed E-state index contributed by atoms with van der Waals surface area (Å²) in [5.74, 6) is 0.826. The van der Waals surface area contributed by atoms with Gasteiger partial charge < -0.3 is 20.6 Å². The minimum atomic E-state index is 0. The maximum Gasteiger partial charge on any atom is 0.190 e. The number of hydrogen-bond donors (Lipinski definition) is 3. The molecule has 0 fully saturated rings. The van der Waals surface area contributed by atoms with E-state index in [0.717, 1.165) is 30.9 Å². The van der Waals surface area contributed by atoms with E-state index >= 15 is 0 Å². The molecule has 3 N–H and O–H groups in total. The monoisotopic (exact) mass is 496 g/mol. The molecule has 0 aromatic heterocycles. The molecule has 0 aliphatic carbocycles. The lowest BCUT2D eigenvalue weighted by molar-refractivity contribution is 0.265. The van der Waals surface area contributed by atoms with Gasteiger partial charge in [-0.25, -0.2) is 0 Å². The summed E-state index contributed by atoms with van der Waals surface area (Å²) in [6, 6.07) is 18.7. The first-order valence-corrected chi connectivity index (χ1v) is 9.50. The van der Waals surface area contributed by atoms with Crippen LogP contribution in [-0.2, 0) is 6.42 Å². The maximum atomic E-state index is 9.66. The van der Waals surface area contributed by atoms with Crippen LogP contribution >= 0.6 is 24.0 Å². The average molecular weight is 496 g/mol. The van der Waals surface area contributed by atoms with Crippen molar-refractivity contribution in [3.63, 3.8) is 0 Å². The van der Waals surface area contributed by atoms with Crippen molar-refractivity contribution < 1.29 is 5.11 Å². The third kappa shape index (κ3) is 8.06. The normalized spacial score (nSPS) is 12.1. The molecule has 5 nitrogen and oxygen atoms in total. The van der Waals surface area contributed by atoms with E-state index < -0.39 is 0 Å². The smallest absolute Gasteiger partial charge is 0.190 e. The number of aliphatic hydroxyl groups is 1. The predicted molar refractivity (Wildman–Crippen MR) is 130 cm³/mol. The lowest BCUT2D eigenvalue weighted by Gasteiger charge is -2.18. The Labute approximate surface area is 186 Å². The van der Waals surface area contributed by atoms with Gasteiger partial charge in [0, 0.05) is 45.8 Å². The van der Waals surface area contributed by atoms with Gasteiger partial charge in [-0.3, -0.25) is 4.99 Å². The van der Waals surface area contributed by atoms with Crippen LogP contribution in [0.5, 0.6) is 0 Å². The van der Waals surface area contributed by atoms with Gasteiger partial charge in [-0.05, 0) is 36.1 Å². The van der Waals surface area contributed by atoms with E-state index in [0.29, 0.717) is 6.54 Å². The van der Waals surface area contributed by atoms with Gasteiger partial charge in [0.2, 0.25) is 0 Å². The molecule has 1 atom stereocenters. The first-order chi connectivity index (χ1) is 13.1. The van der Waals surface area contributed by atoms with E-state index in [9.17, 15) is 5.11 Å². The van der Waals surface area contributed by atoms with Crippen molar-refractivity contribution in [2.45, 2.75) is 18.8 Å². The van der Waals surface area contributed by atoms with Crippen molar-refractivity contribution in [2.24, 2.45) is 4.99 Å². The molecule has 0 amide bonds. The fourth-order valence-corrected chi connectivity index (χ4v) is 2.91.